The number of hydrogen-bond donors (Lipinski definition) is 1. The van der Waals surface area contributed by atoms with E-state index in [0.717, 1.165) is 12.8 Å². The van der Waals surface area contributed by atoms with Crippen molar-refractivity contribution in [3.8, 4) is 0 Å². The zero-order chi connectivity index (χ0) is 19.9. The second kappa shape index (κ2) is 9.33. The number of aryl methyl sites for hydroxylation is 1. The lowest BCUT2D eigenvalue weighted by Crippen LogP contribution is -2.30. The van der Waals surface area contributed by atoms with Crippen molar-refractivity contribution in [2.45, 2.75) is 44.7 Å². The number of hydrogen-bond acceptors (Lipinski definition) is 8. The van der Waals surface area contributed by atoms with Gasteiger partial charge in [0.15, 0.2) is 18.2 Å². The number of sulfonamides is 1. The van der Waals surface area contributed by atoms with Crippen LogP contribution < -0.4 is 4.72 Å². The number of Topliss-reactive ketones (excluding diaryl/α,β-unsaturated/α-hetero) is 1. The van der Waals surface area contributed by atoms with Gasteiger partial charge < -0.3 is 4.74 Å². The molecule has 10 nitrogen and oxygen atoms in total. The molecule has 1 heterocycles. The maximum absolute atomic E-state index is 12.2. The van der Waals surface area contributed by atoms with Crippen LogP contribution in [0.15, 0.2) is 29.2 Å². The van der Waals surface area contributed by atoms with Crippen molar-refractivity contribution in [2.24, 2.45) is 0 Å². The maximum Gasteiger partial charge on any atom is 0.321 e. The van der Waals surface area contributed by atoms with E-state index in [1.54, 1.807) is 0 Å². The number of esters is 1. The summed E-state index contributed by atoms with van der Waals surface area (Å²) in [6, 6.07) is 5.41. The minimum Gasteiger partial charge on any atom is -0.456 e. The first-order valence-electron chi connectivity index (χ1n) is 8.35. The van der Waals surface area contributed by atoms with Gasteiger partial charge in [-0.15, -0.1) is 5.10 Å². The molecule has 0 bridgehead atoms. The second-order valence-electron chi connectivity index (χ2n) is 5.74. The Bertz CT molecular complexity index is 892. The molecular formula is C16H21N5O5S. The number of ether oxygens (including phenoxy) is 1. The predicted octanol–water partition coefficient (Wildman–Crippen LogP) is 0.697. The Kier molecular flexibility index (Phi) is 7.13. The first-order valence-corrected chi connectivity index (χ1v) is 9.83. The molecule has 1 N–H and O–H groups in total. The predicted molar refractivity (Wildman–Crippen MR) is 94.2 cm³/mol. The summed E-state index contributed by atoms with van der Waals surface area (Å²) in [5, 5.41) is 11.1. The molecule has 0 amide bonds. The number of rotatable bonds is 10. The molecule has 11 heteroatoms. The molecule has 0 fully saturated rings. The summed E-state index contributed by atoms with van der Waals surface area (Å²) in [6.45, 7) is 3.34. The highest BCUT2D eigenvalue weighted by atomic mass is 32.2. The third-order valence-electron chi connectivity index (χ3n) is 3.67. The van der Waals surface area contributed by atoms with E-state index in [1.165, 1.54) is 35.9 Å². The van der Waals surface area contributed by atoms with E-state index in [-0.39, 0.29) is 17.3 Å². The summed E-state index contributed by atoms with van der Waals surface area (Å²) < 4.78 is 33.1. The highest BCUT2D eigenvalue weighted by Crippen LogP contribution is 2.11. The Morgan fingerprint density at radius 2 is 1.93 bits per heavy atom. The van der Waals surface area contributed by atoms with Crippen LogP contribution in [0.4, 0.5) is 0 Å². The van der Waals surface area contributed by atoms with Gasteiger partial charge in [0, 0.05) is 12.1 Å². The van der Waals surface area contributed by atoms with Crippen LogP contribution in [-0.2, 0) is 32.7 Å². The lowest BCUT2D eigenvalue weighted by molar-refractivity contribution is -0.143. The average Bonchev–Trinajstić information content (AvgIpc) is 3.10. The van der Waals surface area contributed by atoms with Gasteiger partial charge in [0.2, 0.25) is 10.0 Å². The lowest BCUT2D eigenvalue weighted by atomic mass is 10.2. The van der Waals surface area contributed by atoms with Crippen LogP contribution in [0.5, 0.6) is 0 Å². The zero-order valence-electron chi connectivity index (χ0n) is 15.1. The average molecular weight is 395 g/mol. The molecule has 0 aliphatic rings. The van der Waals surface area contributed by atoms with Crippen LogP contribution >= 0.6 is 0 Å². The molecule has 0 unspecified atom stereocenters. The fourth-order valence-corrected chi connectivity index (χ4v) is 3.08. The fraction of sp³-hybridized carbons (Fsp3) is 0.438. The first-order chi connectivity index (χ1) is 12.8. The normalized spacial score (nSPS) is 11.3. The molecule has 0 aliphatic carbocycles. The molecule has 0 radical (unpaired) electrons. The van der Waals surface area contributed by atoms with E-state index in [0.29, 0.717) is 17.9 Å². The van der Waals surface area contributed by atoms with Gasteiger partial charge in [0.05, 0.1) is 4.90 Å². The highest BCUT2D eigenvalue weighted by molar-refractivity contribution is 7.89. The molecule has 0 atom stereocenters. The van der Waals surface area contributed by atoms with E-state index in [1.807, 2.05) is 6.92 Å². The van der Waals surface area contributed by atoms with Crippen LogP contribution in [0.2, 0.25) is 0 Å². The van der Waals surface area contributed by atoms with Crippen molar-refractivity contribution in [1.82, 2.24) is 24.9 Å². The van der Waals surface area contributed by atoms with Crippen LogP contribution in [0.3, 0.4) is 0 Å². The van der Waals surface area contributed by atoms with Crippen LogP contribution in [0.25, 0.3) is 0 Å². The number of benzene rings is 1. The molecule has 0 saturated heterocycles. The quantitative estimate of drug-likeness (QED) is 0.459. The molecule has 0 aliphatic heterocycles. The van der Waals surface area contributed by atoms with Crippen molar-refractivity contribution in [2.75, 3.05) is 6.54 Å². The van der Waals surface area contributed by atoms with E-state index in [9.17, 15) is 18.0 Å². The summed E-state index contributed by atoms with van der Waals surface area (Å²) in [5.74, 6) is -0.541. The number of aromatic nitrogens is 4. The highest BCUT2D eigenvalue weighted by Gasteiger charge is 2.17. The summed E-state index contributed by atoms with van der Waals surface area (Å²) in [6.07, 6.45) is 1.85. The number of carbonyl (C=O) groups excluding carboxylic acids is 2. The van der Waals surface area contributed by atoms with E-state index < -0.39 is 22.5 Å². The molecule has 1 aromatic carbocycles. The summed E-state index contributed by atoms with van der Waals surface area (Å²) in [4.78, 5) is 23.0. The van der Waals surface area contributed by atoms with Gasteiger partial charge >= 0.3 is 5.97 Å². The number of carbonyl (C=O) groups is 2. The Labute approximate surface area is 157 Å². The molecule has 2 aromatic rings. The van der Waals surface area contributed by atoms with Gasteiger partial charge in [-0.1, -0.05) is 25.5 Å². The molecule has 0 spiro atoms. The van der Waals surface area contributed by atoms with E-state index >= 15 is 0 Å². The standard InChI is InChI=1S/C16H21N5O5S/c1-3-4-9-21-15(18-19-20-21)11-26-16(23)10-17-27(24,25)14-7-5-13(6-8-14)12(2)22/h5-8,17H,3-4,9-11H2,1-2H3. The van der Waals surface area contributed by atoms with Crippen molar-refractivity contribution < 1.29 is 22.7 Å². The van der Waals surface area contributed by atoms with E-state index in [2.05, 4.69) is 20.2 Å². The van der Waals surface area contributed by atoms with E-state index in [4.69, 9.17) is 4.74 Å². The Morgan fingerprint density at radius 1 is 1.22 bits per heavy atom. The van der Waals surface area contributed by atoms with Crippen LogP contribution in [0.1, 0.15) is 42.9 Å². The largest absolute Gasteiger partial charge is 0.456 e. The summed E-state index contributed by atoms with van der Waals surface area (Å²) in [7, 11) is -3.90. The zero-order valence-corrected chi connectivity index (χ0v) is 15.9. The molecule has 27 heavy (non-hydrogen) atoms. The molecule has 2 rings (SSSR count). The monoisotopic (exact) mass is 395 g/mol. The SMILES string of the molecule is CCCCn1nnnc1COC(=O)CNS(=O)(=O)c1ccc(C(C)=O)cc1. The summed E-state index contributed by atoms with van der Waals surface area (Å²) >= 11 is 0. The Morgan fingerprint density at radius 3 is 2.56 bits per heavy atom. The summed E-state index contributed by atoms with van der Waals surface area (Å²) in [5.41, 5.74) is 0.397. The van der Waals surface area contributed by atoms with Gasteiger partial charge in [-0.2, -0.15) is 4.72 Å². The Hall–Kier alpha value is -2.66. The maximum atomic E-state index is 12.2. The van der Waals surface area contributed by atoms with Crippen LogP contribution in [0, 0.1) is 0 Å². The minimum atomic E-state index is -3.90. The van der Waals surface area contributed by atoms with Gasteiger partial charge in [0.25, 0.3) is 0 Å². The molecule has 1 aromatic heterocycles. The van der Waals surface area contributed by atoms with Crippen molar-refractivity contribution >= 4 is 21.8 Å². The van der Waals surface area contributed by atoms with Crippen LogP contribution in [-0.4, -0.2) is 46.9 Å². The second-order valence-corrected chi connectivity index (χ2v) is 7.50. The number of ketones is 1. The molecule has 146 valence electrons. The number of tetrazole rings is 1. The Balaban J connectivity index is 1.87. The number of unbranched alkanes of at least 4 members (excludes halogenated alkanes) is 1. The van der Waals surface area contributed by atoms with Crippen molar-refractivity contribution in [3.05, 3.63) is 35.7 Å². The molecule has 0 saturated carbocycles. The lowest BCUT2D eigenvalue weighted by Gasteiger charge is -2.08. The molecular weight excluding hydrogens is 374 g/mol. The van der Waals surface area contributed by atoms with Crippen molar-refractivity contribution in [3.63, 3.8) is 0 Å². The topological polar surface area (TPSA) is 133 Å². The van der Waals surface area contributed by atoms with Crippen molar-refractivity contribution in [1.29, 1.82) is 0 Å². The first kappa shape index (κ1) is 20.6. The van der Waals surface area contributed by atoms with Gasteiger partial charge in [-0.25, -0.2) is 13.1 Å². The fourth-order valence-electron chi connectivity index (χ4n) is 2.11. The number of nitrogens with zero attached hydrogens (tertiary/aromatic N) is 4. The minimum absolute atomic E-state index is 0.0520. The third-order valence-corrected chi connectivity index (χ3v) is 5.09. The smallest absolute Gasteiger partial charge is 0.321 e. The van der Waals surface area contributed by atoms with Gasteiger partial charge in [-0.3, -0.25) is 9.59 Å². The number of nitrogens with one attached hydrogen (secondary N) is 1. The third kappa shape index (κ3) is 5.93. The van der Waals surface area contributed by atoms with Gasteiger partial charge in [-0.05, 0) is 35.9 Å². The van der Waals surface area contributed by atoms with Gasteiger partial charge in [0.1, 0.15) is 6.54 Å².